The predicted octanol–water partition coefficient (Wildman–Crippen LogP) is 3.88. The van der Waals surface area contributed by atoms with Crippen molar-refractivity contribution < 1.29 is 9.15 Å². The minimum atomic E-state index is 0.275. The Morgan fingerprint density at radius 3 is 2.52 bits per heavy atom. The fourth-order valence-corrected chi connectivity index (χ4v) is 2.09. The normalized spacial score (nSPS) is 10.5. The zero-order valence-corrected chi connectivity index (χ0v) is 11.8. The van der Waals surface area contributed by atoms with Gasteiger partial charge in [0, 0.05) is 5.56 Å². The summed E-state index contributed by atoms with van der Waals surface area (Å²) < 4.78 is 11.4. The number of hydrogen-bond acceptors (Lipinski definition) is 4. The molecule has 4 heteroatoms. The quantitative estimate of drug-likeness (QED) is 0.711. The van der Waals surface area contributed by atoms with Gasteiger partial charge in [-0.15, -0.1) is 10.2 Å². The van der Waals surface area contributed by atoms with Crippen molar-refractivity contribution in [1.82, 2.24) is 10.2 Å². The molecule has 4 nitrogen and oxygen atoms in total. The summed E-state index contributed by atoms with van der Waals surface area (Å²) in [5, 5.41) is 8.07. The predicted molar refractivity (Wildman–Crippen MR) is 79.9 cm³/mol. The monoisotopic (exact) mass is 280 g/mol. The standard InChI is InChI=1S/C17H16N2O2/c1-2-13-8-6-7-11-15(13)20-12-16-18-19-17(21-16)14-9-4-3-5-10-14/h3-11H,2,12H2,1H3. The molecule has 0 aliphatic rings. The lowest BCUT2D eigenvalue weighted by molar-refractivity contribution is 0.262. The molecule has 0 aliphatic carbocycles. The zero-order chi connectivity index (χ0) is 14.5. The number of ether oxygens (including phenoxy) is 1. The Hall–Kier alpha value is -2.62. The molecular weight excluding hydrogens is 264 g/mol. The number of aryl methyl sites for hydroxylation is 1. The van der Waals surface area contributed by atoms with Crippen molar-refractivity contribution >= 4 is 0 Å². The molecule has 0 N–H and O–H groups in total. The zero-order valence-electron chi connectivity index (χ0n) is 11.8. The summed E-state index contributed by atoms with van der Waals surface area (Å²) in [6, 6.07) is 17.7. The summed E-state index contributed by atoms with van der Waals surface area (Å²) in [6.45, 7) is 2.37. The van der Waals surface area contributed by atoms with Crippen molar-refractivity contribution in [3.05, 3.63) is 66.1 Å². The van der Waals surface area contributed by atoms with Gasteiger partial charge < -0.3 is 9.15 Å². The number of rotatable bonds is 5. The van der Waals surface area contributed by atoms with E-state index < -0.39 is 0 Å². The van der Waals surface area contributed by atoms with Gasteiger partial charge in [0.05, 0.1) is 0 Å². The molecule has 21 heavy (non-hydrogen) atoms. The van der Waals surface area contributed by atoms with Gasteiger partial charge in [-0.2, -0.15) is 0 Å². The van der Waals surface area contributed by atoms with Gasteiger partial charge in [-0.3, -0.25) is 0 Å². The first kappa shape index (κ1) is 13.4. The first-order valence-electron chi connectivity index (χ1n) is 6.95. The van der Waals surface area contributed by atoms with Crippen molar-refractivity contribution in [3.8, 4) is 17.2 Å². The first-order chi connectivity index (χ1) is 10.4. The third-order valence-electron chi connectivity index (χ3n) is 3.19. The van der Waals surface area contributed by atoms with E-state index in [1.807, 2.05) is 48.5 Å². The third-order valence-corrected chi connectivity index (χ3v) is 3.19. The highest BCUT2D eigenvalue weighted by Gasteiger charge is 2.09. The Kier molecular flexibility index (Phi) is 3.96. The van der Waals surface area contributed by atoms with Gasteiger partial charge in [0.25, 0.3) is 5.89 Å². The smallest absolute Gasteiger partial charge is 0.254 e. The van der Waals surface area contributed by atoms with Gasteiger partial charge in [-0.25, -0.2) is 0 Å². The van der Waals surface area contributed by atoms with Crippen LogP contribution in [0.1, 0.15) is 18.4 Å². The maximum Gasteiger partial charge on any atom is 0.254 e. The van der Waals surface area contributed by atoms with Gasteiger partial charge in [0.2, 0.25) is 5.89 Å². The Bertz CT molecular complexity index is 708. The van der Waals surface area contributed by atoms with E-state index in [-0.39, 0.29) is 6.61 Å². The van der Waals surface area contributed by atoms with Crippen LogP contribution in [-0.4, -0.2) is 10.2 Å². The molecule has 0 amide bonds. The third kappa shape index (κ3) is 3.11. The van der Waals surface area contributed by atoms with Crippen LogP contribution >= 0.6 is 0 Å². The van der Waals surface area contributed by atoms with E-state index >= 15 is 0 Å². The van der Waals surface area contributed by atoms with Crippen LogP contribution in [0.4, 0.5) is 0 Å². The van der Waals surface area contributed by atoms with E-state index in [4.69, 9.17) is 9.15 Å². The molecule has 0 unspecified atom stereocenters. The van der Waals surface area contributed by atoms with Crippen LogP contribution in [0.5, 0.6) is 5.75 Å². The second-order valence-corrected chi connectivity index (χ2v) is 4.62. The minimum absolute atomic E-state index is 0.275. The summed E-state index contributed by atoms with van der Waals surface area (Å²) in [5.41, 5.74) is 2.07. The van der Waals surface area contributed by atoms with Crippen LogP contribution in [0.25, 0.3) is 11.5 Å². The van der Waals surface area contributed by atoms with Crippen LogP contribution < -0.4 is 4.74 Å². The Morgan fingerprint density at radius 1 is 0.952 bits per heavy atom. The molecule has 2 aromatic carbocycles. The summed E-state index contributed by atoms with van der Waals surface area (Å²) in [7, 11) is 0. The first-order valence-corrected chi connectivity index (χ1v) is 6.95. The molecular formula is C17H16N2O2. The Balaban J connectivity index is 1.71. The van der Waals surface area contributed by atoms with Crippen LogP contribution in [0.3, 0.4) is 0 Å². The van der Waals surface area contributed by atoms with Crippen LogP contribution in [0, 0.1) is 0 Å². The lowest BCUT2D eigenvalue weighted by atomic mass is 10.1. The number of para-hydroxylation sites is 1. The maximum absolute atomic E-state index is 5.77. The maximum atomic E-state index is 5.77. The van der Waals surface area contributed by atoms with Crippen LogP contribution in [0.2, 0.25) is 0 Å². The fraction of sp³-hybridized carbons (Fsp3) is 0.176. The number of nitrogens with zero attached hydrogens (tertiary/aromatic N) is 2. The molecule has 1 heterocycles. The molecule has 0 atom stereocenters. The van der Waals surface area contributed by atoms with Crippen molar-refractivity contribution in [2.75, 3.05) is 0 Å². The lowest BCUT2D eigenvalue weighted by Gasteiger charge is -2.07. The van der Waals surface area contributed by atoms with Crippen molar-refractivity contribution in [2.45, 2.75) is 20.0 Å². The average molecular weight is 280 g/mol. The van der Waals surface area contributed by atoms with E-state index in [0.717, 1.165) is 17.7 Å². The van der Waals surface area contributed by atoms with Gasteiger partial charge in [-0.1, -0.05) is 43.3 Å². The summed E-state index contributed by atoms with van der Waals surface area (Å²) in [5.74, 6) is 1.84. The highest BCUT2D eigenvalue weighted by Crippen LogP contribution is 2.21. The van der Waals surface area contributed by atoms with E-state index in [1.165, 1.54) is 5.56 Å². The highest BCUT2D eigenvalue weighted by atomic mass is 16.5. The Labute approximate surface area is 123 Å². The van der Waals surface area contributed by atoms with Gasteiger partial charge in [0.1, 0.15) is 5.75 Å². The van der Waals surface area contributed by atoms with Crippen molar-refractivity contribution in [1.29, 1.82) is 0 Å². The van der Waals surface area contributed by atoms with Crippen LogP contribution in [0.15, 0.2) is 59.0 Å². The van der Waals surface area contributed by atoms with E-state index in [2.05, 4.69) is 23.2 Å². The van der Waals surface area contributed by atoms with Crippen molar-refractivity contribution in [3.63, 3.8) is 0 Å². The molecule has 0 aliphatic heterocycles. The summed E-state index contributed by atoms with van der Waals surface area (Å²) in [6.07, 6.45) is 0.926. The Morgan fingerprint density at radius 2 is 1.71 bits per heavy atom. The van der Waals surface area contributed by atoms with E-state index in [0.29, 0.717) is 11.8 Å². The van der Waals surface area contributed by atoms with Gasteiger partial charge >= 0.3 is 0 Å². The van der Waals surface area contributed by atoms with Crippen molar-refractivity contribution in [2.24, 2.45) is 0 Å². The second kappa shape index (κ2) is 6.22. The average Bonchev–Trinajstić information content (AvgIpc) is 3.03. The molecule has 0 spiro atoms. The largest absolute Gasteiger partial charge is 0.484 e. The number of hydrogen-bond donors (Lipinski definition) is 0. The van der Waals surface area contributed by atoms with Gasteiger partial charge in [0.15, 0.2) is 6.61 Å². The lowest BCUT2D eigenvalue weighted by Crippen LogP contribution is -1.98. The molecule has 0 radical (unpaired) electrons. The molecule has 0 fully saturated rings. The number of benzene rings is 2. The summed E-state index contributed by atoms with van der Waals surface area (Å²) >= 11 is 0. The molecule has 0 saturated carbocycles. The molecule has 3 rings (SSSR count). The molecule has 3 aromatic rings. The van der Waals surface area contributed by atoms with Gasteiger partial charge in [-0.05, 0) is 30.2 Å². The number of aromatic nitrogens is 2. The van der Waals surface area contributed by atoms with Crippen LogP contribution in [-0.2, 0) is 13.0 Å². The molecule has 106 valence electrons. The fourth-order valence-electron chi connectivity index (χ4n) is 2.09. The second-order valence-electron chi connectivity index (χ2n) is 4.62. The molecule has 0 saturated heterocycles. The summed E-state index contributed by atoms with van der Waals surface area (Å²) in [4.78, 5) is 0. The molecule has 1 aromatic heterocycles. The van der Waals surface area contributed by atoms with E-state index in [1.54, 1.807) is 0 Å². The highest BCUT2D eigenvalue weighted by molar-refractivity contribution is 5.51. The molecule has 0 bridgehead atoms. The minimum Gasteiger partial charge on any atom is -0.484 e. The SMILES string of the molecule is CCc1ccccc1OCc1nnc(-c2ccccc2)o1. The van der Waals surface area contributed by atoms with E-state index in [9.17, 15) is 0 Å². The topological polar surface area (TPSA) is 48.2 Å².